The number of morpholine rings is 1. The lowest BCUT2D eigenvalue weighted by molar-refractivity contribution is -0.141. The maximum absolute atomic E-state index is 13.0. The Balaban J connectivity index is 1.42. The second kappa shape index (κ2) is 13.5. The van der Waals surface area contributed by atoms with Crippen LogP contribution in [0.1, 0.15) is 24.5 Å². The average Bonchev–Trinajstić information content (AvgIpc) is 2.96. The van der Waals surface area contributed by atoms with Crippen molar-refractivity contribution in [2.24, 2.45) is 5.92 Å². The van der Waals surface area contributed by atoms with Crippen molar-refractivity contribution in [3.63, 3.8) is 0 Å². The monoisotopic (exact) mass is 574 g/mol. The van der Waals surface area contributed by atoms with Gasteiger partial charge in [-0.25, -0.2) is 0 Å². The molecule has 1 aromatic heterocycles. The molecule has 2 heterocycles. The molecule has 3 aromatic rings. The van der Waals surface area contributed by atoms with Gasteiger partial charge in [-0.05, 0) is 54.8 Å². The molecule has 0 spiro atoms. The third-order valence-corrected chi connectivity index (χ3v) is 6.66. The van der Waals surface area contributed by atoms with Gasteiger partial charge in [0.05, 0.1) is 31.2 Å². The summed E-state index contributed by atoms with van der Waals surface area (Å²) in [6.07, 6.45) is -3.40. The Kier molecular flexibility index (Phi) is 9.82. The second-order valence-electron chi connectivity index (χ2n) is 9.62. The number of aliphatic carboxylic acids is 1. The Morgan fingerprint density at radius 3 is 2.39 bits per heavy atom. The van der Waals surface area contributed by atoms with Crippen LogP contribution in [0, 0.1) is 5.92 Å². The molecular formula is C28H33F3N6O4. The highest BCUT2D eigenvalue weighted by molar-refractivity contribution is 5.70. The average molecular weight is 575 g/mol. The number of alkyl halides is 3. The first-order valence-corrected chi connectivity index (χ1v) is 13.3. The van der Waals surface area contributed by atoms with Crippen LogP contribution in [-0.4, -0.2) is 72.5 Å². The Hall–Kier alpha value is -4.13. The lowest BCUT2D eigenvalue weighted by Crippen LogP contribution is -2.38. The van der Waals surface area contributed by atoms with Gasteiger partial charge in [0.1, 0.15) is 12.4 Å². The van der Waals surface area contributed by atoms with E-state index in [9.17, 15) is 23.1 Å². The highest BCUT2D eigenvalue weighted by atomic mass is 19.4. The summed E-state index contributed by atoms with van der Waals surface area (Å²) >= 11 is 0. The SMILES string of the molecule is CCC(Cc1ccc(OCCN(C)c2nc(Nc3ccc(C(F)(F)F)cc3)nc(N3CCOCC3)n2)cc1)C(=O)O. The lowest BCUT2D eigenvalue weighted by Gasteiger charge is -2.28. The summed E-state index contributed by atoms with van der Waals surface area (Å²) in [6, 6.07) is 12.0. The number of nitrogens with one attached hydrogen (secondary N) is 1. The van der Waals surface area contributed by atoms with Gasteiger partial charge in [-0.1, -0.05) is 19.1 Å². The summed E-state index contributed by atoms with van der Waals surface area (Å²) < 4.78 is 50.2. The molecule has 0 bridgehead atoms. The molecule has 0 saturated carbocycles. The largest absolute Gasteiger partial charge is 0.492 e. The zero-order valence-corrected chi connectivity index (χ0v) is 22.9. The zero-order chi connectivity index (χ0) is 29.4. The summed E-state index contributed by atoms with van der Waals surface area (Å²) in [5.41, 5.74) is 0.594. The molecule has 1 aliphatic rings. The van der Waals surface area contributed by atoms with Crippen molar-refractivity contribution in [2.45, 2.75) is 25.9 Å². The number of anilines is 4. The van der Waals surface area contributed by atoms with E-state index in [4.69, 9.17) is 9.47 Å². The van der Waals surface area contributed by atoms with Crippen LogP contribution in [0.15, 0.2) is 48.5 Å². The second-order valence-corrected chi connectivity index (χ2v) is 9.62. The maximum atomic E-state index is 13.0. The van der Waals surface area contributed by atoms with Gasteiger partial charge in [0.2, 0.25) is 17.8 Å². The molecule has 13 heteroatoms. The van der Waals surface area contributed by atoms with E-state index in [2.05, 4.69) is 20.3 Å². The predicted molar refractivity (Wildman–Crippen MR) is 148 cm³/mol. The molecule has 1 atom stereocenters. The van der Waals surface area contributed by atoms with E-state index >= 15 is 0 Å². The first-order valence-electron chi connectivity index (χ1n) is 13.3. The Morgan fingerprint density at radius 2 is 1.78 bits per heavy atom. The zero-order valence-electron chi connectivity index (χ0n) is 22.9. The number of ether oxygens (including phenoxy) is 2. The summed E-state index contributed by atoms with van der Waals surface area (Å²) in [6.45, 7) is 4.86. The molecule has 4 rings (SSSR count). The highest BCUT2D eigenvalue weighted by Gasteiger charge is 2.30. The number of aromatic nitrogens is 3. The summed E-state index contributed by atoms with van der Waals surface area (Å²) in [5.74, 6) is 0.434. The van der Waals surface area contributed by atoms with Crippen molar-refractivity contribution < 1.29 is 32.5 Å². The molecule has 1 aliphatic heterocycles. The number of benzene rings is 2. The van der Waals surface area contributed by atoms with Gasteiger partial charge in [0.25, 0.3) is 0 Å². The van der Waals surface area contributed by atoms with Crippen LogP contribution < -0.4 is 19.9 Å². The van der Waals surface area contributed by atoms with E-state index in [-0.39, 0.29) is 5.95 Å². The van der Waals surface area contributed by atoms with Gasteiger partial charge >= 0.3 is 12.1 Å². The van der Waals surface area contributed by atoms with Crippen LogP contribution in [0.2, 0.25) is 0 Å². The molecule has 41 heavy (non-hydrogen) atoms. The first-order chi connectivity index (χ1) is 19.6. The van der Waals surface area contributed by atoms with Gasteiger partial charge < -0.3 is 29.7 Å². The molecule has 0 amide bonds. The number of rotatable bonds is 12. The van der Waals surface area contributed by atoms with Gasteiger partial charge in [-0.15, -0.1) is 0 Å². The molecule has 220 valence electrons. The number of hydrogen-bond acceptors (Lipinski definition) is 9. The fraction of sp³-hybridized carbons (Fsp3) is 0.429. The normalized spacial score (nSPS) is 14.4. The third kappa shape index (κ3) is 8.43. The van der Waals surface area contributed by atoms with Gasteiger partial charge in [-0.2, -0.15) is 28.1 Å². The van der Waals surface area contributed by atoms with E-state index < -0.39 is 23.6 Å². The Morgan fingerprint density at radius 1 is 1.10 bits per heavy atom. The summed E-state index contributed by atoms with van der Waals surface area (Å²) in [7, 11) is 1.81. The van der Waals surface area contributed by atoms with Crippen molar-refractivity contribution in [1.82, 2.24) is 15.0 Å². The van der Waals surface area contributed by atoms with Crippen molar-refractivity contribution in [1.29, 1.82) is 0 Å². The molecule has 0 radical (unpaired) electrons. The number of halogens is 3. The number of carboxylic acid groups (broad SMARTS) is 1. The minimum Gasteiger partial charge on any atom is -0.492 e. The number of likely N-dealkylation sites (N-methyl/N-ethyl adjacent to an activating group) is 1. The Labute approximate surface area is 236 Å². The molecule has 2 aromatic carbocycles. The Bertz CT molecular complexity index is 1290. The van der Waals surface area contributed by atoms with E-state index in [0.29, 0.717) is 75.6 Å². The molecule has 1 fully saturated rings. The van der Waals surface area contributed by atoms with Crippen LogP contribution in [0.5, 0.6) is 5.75 Å². The number of hydrogen-bond donors (Lipinski definition) is 2. The van der Waals surface area contributed by atoms with Gasteiger partial charge in [0.15, 0.2) is 0 Å². The van der Waals surface area contributed by atoms with Crippen LogP contribution in [0.25, 0.3) is 0 Å². The summed E-state index contributed by atoms with van der Waals surface area (Å²) in [5, 5.41) is 12.3. The van der Waals surface area contributed by atoms with Crippen LogP contribution >= 0.6 is 0 Å². The van der Waals surface area contributed by atoms with Crippen LogP contribution in [0.4, 0.5) is 36.7 Å². The van der Waals surface area contributed by atoms with E-state index in [1.807, 2.05) is 43.1 Å². The number of carboxylic acids is 1. The lowest BCUT2D eigenvalue weighted by atomic mass is 9.97. The summed E-state index contributed by atoms with van der Waals surface area (Å²) in [4.78, 5) is 28.7. The molecule has 2 N–H and O–H groups in total. The minimum atomic E-state index is -4.42. The minimum absolute atomic E-state index is 0.200. The predicted octanol–water partition coefficient (Wildman–Crippen LogP) is 4.64. The molecule has 1 unspecified atom stereocenters. The maximum Gasteiger partial charge on any atom is 0.416 e. The van der Waals surface area contributed by atoms with Gasteiger partial charge in [-0.3, -0.25) is 4.79 Å². The van der Waals surface area contributed by atoms with Crippen molar-refractivity contribution in [2.75, 3.05) is 61.6 Å². The van der Waals surface area contributed by atoms with E-state index in [1.165, 1.54) is 12.1 Å². The molecule has 0 aliphatic carbocycles. The van der Waals surface area contributed by atoms with Gasteiger partial charge in [0, 0.05) is 25.8 Å². The molecular weight excluding hydrogens is 541 g/mol. The standard InChI is InChI=1S/C28H33F3N6O4/c1-3-20(24(38)39)18-19-4-10-23(11-5-19)41-17-12-36(2)26-33-25(34-27(35-26)37-13-15-40-16-14-37)32-22-8-6-21(7-9-22)28(29,30)31/h4-11,20H,3,12-18H2,1-2H3,(H,38,39)(H,32,33,34,35). The van der Waals surface area contributed by atoms with E-state index in [1.54, 1.807) is 4.90 Å². The molecule has 10 nitrogen and oxygen atoms in total. The fourth-order valence-electron chi connectivity index (χ4n) is 4.17. The topological polar surface area (TPSA) is 113 Å². The smallest absolute Gasteiger partial charge is 0.416 e. The van der Waals surface area contributed by atoms with Crippen LogP contribution in [-0.2, 0) is 22.1 Å². The number of carbonyl (C=O) groups is 1. The first kappa shape index (κ1) is 29.8. The highest BCUT2D eigenvalue weighted by Crippen LogP contribution is 2.30. The van der Waals surface area contributed by atoms with Crippen LogP contribution in [0.3, 0.4) is 0 Å². The van der Waals surface area contributed by atoms with Crippen molar-refractivity contribution in [3.05, 3.63) is 59.7 Å². The van der Waals surface area contributed by atoms with Crippen molar-refractivity contribution in [3.8, 4) is 5.75 Å². The van der Waals surface area contributed by atoms with E-state index in [0.717, 1.165) is 17.7 Å². The van der Waals surface area contributed by atoms with Crippen molar-refractivity contribution >= 4 is 29.5 Å². The number of nitrogens with zero attached hydrogens (tertiary/aromatic N) is 5. The molecule has 1 saturated heterocycles. The quantitative estimate of drug-likeness (QED) is 0.317. The third-order valence-electron chi connectivity index (χ3n) is 6.66. The fourth-order valence-corrected chi connectivity index (χ4v) is 4.17.